The van der Waals surface area contributed by atoms with E-state index < -0.39 is 0 Å². The second-order valence-corrected chi connectivity index (χ2v) is 4.63. The van der Waals surface area contributed by atoms with E-state index >= 15 is 0 Å². The number of nitrogens with one attached hydrogen (secondary N) is 1. The summed E-state index contributed by atoms with van der Waals surface area (Å²) in [4.78, 5) is 11.5. The van der Waals surface area contributed by atoms with Crippen LogP contribution in [0.5, 0.6) is 0 Å². The lowest BCUT2D eigenvalue weighted by Crippen LogP contribution is -2.25. The van der Waals surface area contributed by atoms with Crippen LogP contribution < -0.4 is 5.32 Å². The molecule has 0 aliphatic carbocycles. The van der Waals surface area contributed by atoms with Gasteiger partial charge in [0, 0.05) is 20.3 Å². The Balaban J connectivity index is 2.05. The maximum absolute atomic E-state index is 11.5. The van der Waals surface area contributed by atoms with Gasteiger partial charge in [-0.05, 0) is 18.0 Å². The molecule has 0 aromatic carbocycles. The van der Waals surface area contributed by atoms with Gasteiger partial charge in [0.1, 0.15) is 0 Å². The first-order chi connectivity index (χ1) is 8.24. The summed E-state index contributed by atoms with van der Waals surface area (Å²) in [6.45, 7) is 2.26. The molecule has 1 N–H and O–H groups in total. The van der Waals surface area contributed by atoms with Crippen LogP contribution in [0.3, 0.4) is 0 Å². The Kier molecular flexibility index (Phi) is 7.02. The molecular formula is C9H14ClN3O3S. The van der Waals surface area contributed by atoms with Gasteiger partial charge in [0.2, 0.25) is 9.47 Å². The third-order valence-corrected chi connectivity index (χ3v) is 2.79. The summed E-state index contributed by atoms with van der Waals surface area (Å²) in [5, 5.41) is 10.2. The molecular weight excluding hydrogens is 266 g/mol. The second kappa shape index (κ2) is 8.35. The molecule has 0 saturated carbocycles. The highest BCUT2D eigenvalue weighted by molar-refractivity contribution is 7.17. The number of aromatic nitrogens is 2. The third kappa shape index (κ3) is 5.92. The van der Waals surface area contributed by atoms with Crippen LogP contribution in [0, 0.1) is 0 Å². The molecule has 1 rings (SSSR count). The molecule has 0 aliphatic rings. The molecule has 0 saturated heterocycles. The zero-order valence-electron chi connectivity index (χ0n) is 9.44. The number of amides is 1. The molecule has 0 bridgehead atoms. The number of rotatable bonds is 8. The summed E-state index contributed by atoms with van der Waals surface area (Å²) in [6.07, 6.45) is 0.738. The van der Waals surface area contributed by atoms with E-state index in [-0.39, 0.29) is 15.4 Å². The minimum absolute atomic E-state index is 0.258. The molecule has 0 radical (unpaired) electrons. The minimum atomic E-state index is -0.258. The predicted molar refractivity (Wildman–Crippen MR) is 64.6 cm³/mol. The average molecular weight is 280 g/mol. The summed E-state index contributed by atoms with van der Waals surface area (Å²) in [7, 11) is 1.62. The summed E-state index contributed by atoms with van der Waals surface area (Å²) in [6, 6.07) is 0. The molecule has 1 aromatic heterocycles. The Morgan fingerprint density at radius 3 is 2.88 bits per heavy atom. The van der Waals surface area contributed by atoms with E-state index in [2.05, 4.69) is 15.5 Å². The van der Waals surface area contributed by atoms with Crippen molar-refractivity contribution in [3.63, 3.8) is 0 Å². The van der Waals surface area contributed by atoms with E-state index in [0.717, 1.165) is 17.8 Å². The Bertz CT molecular complexity index is 348. The third-order valence-electron chi connectivity index (χ3n) is 1.78. The molecule has 0 aliphatic heterocycles. The van der Waals surface area contributed by atoms with Crippen molar-refractivity contribution in [2.24, 2.45) is 0 Å². The van der Waals surface area contributed by atoms with Crippen molar-refractivity contribution in [1.82, 2.24) is 15.5 Å². The average Bonchev–Trinajstić information content (AvgIpc) is 2.74. The number of methoxy groups -OCH3 is 1. The van der Waals surface area contributed by atoms with Crippen molar-refractivity contribution in [2.75, 3.05) is 33.5 Å². The van der Waals surface area contributed by atoms with Crippen LogP contribution in [0.4, 0.5) is 0 Å². The summed E-state index contributed by atoms with van der Waals surface area (Å²) >= 11 is 6.62. The Labute approximate surface area is 108 Å². The Morgan fingerprint density at radius 2 is 2.24 bits per heavy atom. The monoisotopic (exact) mass is 279 g/mol. The Morgan fingerprint density at radius 1 is 1.41 bits per heavy atom. The van der Waals surface area contributed by atoms with E-state index in [9.17, 15) is 4.79 Å². The lowest BCUT2D eigenvalue weighted by molar-refractivity contribution is 0.0688. The van der Waals surface area contributed by atoms with Gasteiger partial charge in [-0.3, -0.25) is 4.79 Å². The molecule has 8 heteroatoms. The molecule has 17 heavy (non-hydrogen) atoms. The molecule has 0 spiro atoms. The van der Waals surface area contributed by atoms with Crippen LogP contribution in [0.15, 0.2) is 0 Å². The van der Waals surface area contributed by atoms with Crippen molar-refractivity contribution in [3.8, 4) is 0 Å². The number of hydrogen-bond donors (Lipinski definition) is 1. The van der Waals surface area contributed by atoms with Crippen LogP contribution in [0.2, 0.25) is 4.47 Å². The van der Waals surface area contributed by atoms with Gasteiger partial charge in [0.25, 0.3) is 5.91 Å². The highest BCUT2D eigenvalue weighted by atomic mass is 35.5. The molecule has 0 unspecified atom stereocenters. The zero-order valence-corrected chi connectivity index (χ0v) is 11.0. The van der Waals surface area contributed by atoms with Gasteiger partial charge in [-0.15, -0.1) is 10.2 Å². The predicted octanol–water partition coefficient (Wildman–Crippen LogP) is 0.974. The molecule has 1 heterocycles. The molecule has 96 valence electrons. The highest BCUT2D eigenvalue weighted by Crippen LogP contribution is 2.14. The number of halogens is 1. The quantitative estimate of drug-likeness (QED) is 0.718. The Hall–Kier alpha value is -0.760. The van der Waals surface area contributed by atoms with Crippen LogP contribution >= 0.6 is 22.9 Å². The fraction of sp³-hybridized carbons (Fsp3) is 0.667. The van der Waals surface area contributed by atoms with Gasteiger partial charge >= 0.3 is 0 Å². The van der Waals surface area contributed by atoms with Crippen molar-refractivity contribution in [2.45, 2.75) is 6.42 Å². The summed E-state index contributed by atoms with van der Waals surface area (Å²) < 4.78 is 10.3. The first kappa shape index (κ1) is 14.3. The van der Waals surface area contributed by atoms with Crippen LogP contribution in [-0.2, 0) is 9.47 Å². The van der Waals surface area contributed by atoms with Crippen molar-refractivity contribution in [3.05, 3.63) is 9.47 Å². The van der Waals surface area contributed by atoms with Gasteiger partial charge in [-0.25, -0.2) is 0 Å². The van der Waals surface area contributed by atoms with E-state index in [1.54, 1.807) is 7.11 Å². The molecule has 6 nitrogen and oxygen atoms in total. The maximum Gasteiger partial charge on any atom is 0.282 e. The van der Waals surface area contributed by atoms with Gasteiger partial charge in [-0.2, -0.15) is 0 Å². The number of nitrogens with zero attached hydrogens (tertiary/aromatic N) is 2. The SMILES string of the molecule is COCCOCCCNC(=O)c1nnc(Cl)s1. The highest BCUT2D eigenvalue weighted by Gasteiger charge is 2.10. The molecule has 0 fully saturated rings. The van der Waals surface area contributed by atoms with Crippen LogP contribution in [0.25, 0.3) is 0 Å². The maximum atomic E-state index is 11.5. The van der Waals surface area contributed by atoms with Gasteiger partial charge in [-0.1, -0.05) is 11.3 Å². The molecule has 0 atom stereocenters. The van der Waals surface area contributed by atoms with Crippen LogP contribution in [0.1, 0.15) is 16.2 Å². The van der Waals surface area contributed by atoms with Crippen molar-refractivity contribution in [1.29, 1.82) is 0 Å². The molecule has 1 aromatic rings. The standard InChI is InChI=1S/C9H14ClN3O3S/c1-15-5-6-16-4-2-3-11-7(14)8-12-13-9(10)17-8/h2-6H2,1H3,(H,11,14). The van der Waals surface area contributed by atoms with Crippen molar-refractivity contribution >= 4 is 28.8 Å². The molecule has 1 amide bonds. The normalized spacial score (nSPS) is 10.5. The van der Waals surface area contributed by atoms with Crippen molar-refractivity contribution < 1.29 is 14.3 Å². The van der Waals surface area contributed by atoms with Gasteiger partial charge < -0.3 is 14.8 Å². The number of hydrogen-bond acceptors (Lipinski definition) is 6. The zero-order chi connectivity index (χ0) is 12.5. The first-order valence-electron chi connectivity index (χ1n) is 5.08. The lowest BCUT2D eigenvalue weighted by Gasteiger charge is -2.04. The largest absolute Gasteiger partial charge is 0.382 e. The number of carbonyl (C=O) groups is 1. The van der Waals surface area contributed by atoms with Gasteiger partial charge in [0.15, 0.2) is 0 Å². The topological polar surface area (TPSA) is 73.3 Å². The van der Waals surface area contributed by atoms with Gasteiger partial charge in [0.05, 0.1) is 13.2 Å². The minimum Gasteiger partial charge on any atom is -0.382 e. The lowest BCUT2D eigenvalue weighted by atomic mass is 10.4. The second-order valence-electron chi connectivity index (χ2n) is 3.07. The first-order valence-corrected chi connectivity index (χ1v) is 6.27. The van der Waals surface area contributed by atoms with E-state index in [0.29, 0.717) is 26.4 Å². The smallest absolute Gasteiger partial charge is 0.282 e. The van der Waals surface area contributed by atoms with Crippen LogP contribution in [-0.4, -0.2) is 49.6 Å². The fourth-order valence-corrected chi connectivity index (χ4v) is 1.74. The summed E-state index contributed by atoms with van der Waals surface area (Å²) in [5.41, 5.74) is 0. The number of ether oxygens (including phenoxy) is 2. The summed E-state index contributed by atoms with van der Waals surface area (Å²) in [5.74, 6) is -0.258. The van der Waals surface area contributed by atoms with E-state index in [1.807, 2.05) is 0 Å². The van der Waals surface area contributed by atoms with E-state index in [1.165, 1.54) is 0 Å². The fourth-order valence-electron chi connectivity index (χ4n) is 0.993. The number of carbonyl (C=O) groups excluding carboxylic acids is 1. The van der Waals surface area contributed by atoms with E-state index in [4.69, 9.17) is 21.1 Å².